The number of hydrogen-bond acceptors (Lipinski definition) is 3. The van der Waals surface area contributed by atoms with Gasteiger partial charge in [0, 0.05) is 13.2 Å². The molecule has 0 amide bonds. The Morgan fingerprint density at radius 2 is 1.38 bits per heavy atom. The summed E-state index contributed by atoms with van der Waals surface area (Å²) in [6.45, 7) is 0.236. The maximum absolute atomic E-state index is 8.39. The van der Waals surface area contributed by atoms with Crippen LogP contribution in [0.3, 0.4) is 0 Å². The van der Waals surface area contributed by atoms with E-state index in [1.807, 2.05) is 0 Å². The van der Waals surface area contributed by atoms with Crippen LogP contribution in [0.5, 0.6) is 0 Å². The van der Waals surface area contributed by atoms with Crippen LogP contribution in [0, 0.1) is 0 Å². The van der Waals surface area contributed by atoms with Gasteiger partial charge in [0.1, 0.15) is 12.5 Å². The Kier molecular flexibility index (Phi) is 9.73. The lowest BCUT2D eigenvalue weighted by atomic mass is 10.4. The number of ether oxygens (including phenoxy) is 1. The molecule has 3 nitrogen and oxygen atoms in total. The minimum Gasteiger partial charge on any atom is -0.456 e. The Bertz CT molecular complexity index is 194. The third kappa shape index (κ3) is 10.8. The van der Waals surface area contributed by atoms with Crippen molar-refractivity contribution < 1.29 is 14.9 Å². The average Bonchev–Trinajstić information content (AvgIpc) is 2.16. The van der Waals surface area contributed by atoms with Gasteiger partial charge < -0.3 is 14.9 Å². The molecule has 0 aliphatic heterocycles. The number of rotatable bonds is 6. The van der Waals surface area contributed by atoms with Gasteiger partial charge in [-0.2, -0.15) is 0 Å². The van der Waals surface area contributed by atoms with Crippen molar-refractivity contribution in [3.05, 3.63) is 36.1 Å². The summed E-state index contributed by atoms with van der Waals surface area (Å²) in [5.74, 6) is 0. The lowest BCUT2D eigenvalue weighted by molar-refractivity contribution is 0.302. The first-order chi connectivity index (χ1) is 6.41. The molecule has 2 N–H and O–H groups in total. The molecule has 13 heavy (non-hydrogen) atoms. The lowest BCUT2D eigenvalue weighted by Gasteiger charge is -1.82. The van der Waals surface area contributed by atoms with Gasteiger partial charge in [0.05, 0.1) is 0 Å². The zero-order valence-corrected chi connectivity index (χ0v) is 7.44. The fraction of sp³-hybridized carbons (Fsp3) is 0.400. The molecule has 0 spiro atoms. The molecule has 0 aliphatic carbocycles. The van der Waals surface area contributed by atoms with Crippen molar-refractivity contribution in [1.82, 2.24) is 0 Å². The maximum atomic E-state index is 8.39. The van der Waals surface area contributed by atoms with Crippen LogP contribution < -0.4 is 0 Å². The van der Waals surface area contributed by atoms with Gasteiger partial charge in [-0.3, -0.25) is 0 Å². The van der Waals surface area contributed by atoms with Crippen molar-refractivity contribution in [2.75, 3.05) is 13.2 Å². The second-order valence-corrected chi connectivity index (χ2v) is 2.14. The van der Waals surface area contributed by atoms with E-state index in [4.69, 9.17) is 14.9 Å². The van der Waals surface area contributed by atoms with Gasteiger partial charge in [0.2, 0.25) is 0 Å². The van der Waals surface area contributed by atoms with Gasteiger partial charge in [0.25, 0.3) is 0 Å². The summed E-state index contributed by atoms with van der Waals surface area (Å²) in [7, 11) is 0. The molecule has 0 aromatic heterocycles. The quantitative estimate of drug-likeness (QED) is 0.478. The van der Waals surface area contributed by atoms with E-state index in [9.17, 15) is 0 Å². The Morgan fingerprint density at radius 1 is 0.923 bits per heavy atom. The second-order valence-electron chi connectivity index (χ2n) is 2.14. The fourth-order valence-corrected chi connectivity index (χ4v) is 0.505. The van der Waals surface area contributed by atoms with Crippen LogP contribution in [0.1, 0.15) is 12.8 Å². The van der Waals surface area contributed by atoms with Gasteiger partial charge in [-0.1, -0.05) is 11.5 Å². The van der Waals surface area contributed by atoms with Crippen molar-refractivity contribution in [2.24, 2.45) is 0 Å². The molecule has 0 bridgehead atoms. The van der Waals surface area contributed by atoms with Crippen LogP contribution in [0.2, 0.25) is 0 Å². The highest BCUT2D eigenvalue weighted by Gasteiger charge is 1.70. The summed E-state index contributed by atoms with van der Waals surface area (Å²) < 4.78 is 4.83. The zero-order chi connectivity index (χ0) is 9.78. The van der Waals surface area contributed by atoms with Gasteiger partial charge in [-0.05, 0) is 25.0 Å². The summed E-state index contributed by atoms with van der Waals surface area (Å²) in [6.07, 6.45) is 7.23. The molecule has 0 rings (SSSR count). The first-order valence-corrected chi connectivity index (χ1v) is 4.08. The first-order valence-electron chi connectivity index (χ1n) is 4.08. The van der Waals surface area contributed by atoms with E-state index in [1.54, 1.807) is 12.2 Å². The summed E-state index contributed by atoms with van der Waals surface area (Å²) >= 11 is 0. The van der Waals surface area contributed by atoms with Gasteiger partial charge in [-0.15, -0.1) is 0 Å². The van der Waals surface area contributed by atoms with Crippen LogP contribution >= 0.6 is 0 Å². The summed E-state index contributed by atoms with van der Waals surface area (Å²) in [6, 6.07) is 0. The van der Waals surface area contributed by atoms with Crippen LogP contribution in [-0.2, 0) is 4.74 Å². The second kappa shape index (κ2) is 10.8. The first kappa shape index (κ1) is 11.8. The van der Waals surface area contributed by atoms with Crippen molar-refractivity contribution >= 4 is 0 Å². The van der Waals surface area contributed by atoms with Crippen molar-refractivity contribution in [3.8, 4) is 0 Å². The highest BCUT2D eigenvalue weighted by atomic mass is 16.5. The zero-order valence-electron chi connectivity index (χ0n) is 7.44. The predicted octanol–water partition coefficient (Wildman–Crippen LogP) is 1.11. The Labute approximate surface area is 78.0 Å². The molecule has 0 radical (unpaired) electrons. The van der Waals surface area contributed by atoms with E-state index in [1.165, 1.54) is 12.5 Å². The monoisotopic (exact) mass is 182 g/mol. The topological polar surface area (TPSA) is 49.7 Å². The standard InChI is InChI=1S/C10H14O3/c11-7-3-1-5-9-13-10-6-2-4-8-12/h1-2,9-12H,3-4,7-8H2. The molecule has 3 heteroatoms. The van der Waals surface area contributed by atoms with E-state index in [0.29, 0.717) is 12.8 Å². The highest BCUT2D eigenvalue weighted by Crippen LogP contribution is 1.81. The number of aliphatic hydroxyl groups excluding tert-OH is 2. The minimum atomic E-state index is 0.118. The molecule has 0 fully saturated rings. The molecule has 0 saturated carbocycles. The maximum Gasteiger partial charge on any atom is 0.133 e. The van der Waals surface area contributed by atoms with Gasteiger partial charge >= 0.3 is 0 Å². The molecule has 0 aromatic carbocycles. The van der Waals surface area contributed by atoms with E-state index in [-0.39, 0.29) is 13.2 Å². The van der Waals surface area contributed by atoms with Crippen molar-refractivity contribution in [2.45, 2.75) is 12.8 Å². The van der Waals surface area contributed by atoms with E-state index in [0.717, 1.165) is 0 Å². The molecule has 72 valence electrons. The lowest BCUT2D eigenvalue weighted by Crippen LogP contribution is -1.73. The SMILES string of the molecule is OCCC=C=COC=C=CCCO. The van der Waals surface area contributed by atoms with Gasteiger partial charge in [-0.25, -0.2) is 0 Å². The Balaban J connectivity index is 3.53. The third-order valence-electron chi connectivity index (χ3n) is 1.05. The largest absolute Gasteiger partial charge is 0.456 e. The fourth-order valence-electron chi connectivity index (χ4n) is 0.505. The Hall–Kier alpha value is -1.24. The van der Waals surface area contributed by atoms with Crippen molar-refractivity contribution in [1.29, 1.82) is 0 Å². The predicted molar refractivity (Wildman–Crippen MR) is 49.8 cm³/mol. The molecular weight excluding hydrogens is 168 g/mol. The van der Waals surface area contributed by atoms with Crippen LogP contribution in [0.4, 0.5) is 0 Å². The summed E-state index contributed by atoms with van der Waals surface area (Å²) in [4.78, 5) is 0. The molecular formula is C10H14O3. The summed E-state index contributed by atoms with van der Waals surface area (Å²) in [5.41, 5.74) is 5.42. The van der Waals surface area contributed by atoms with Crippen LogP contribution in [-0.4, -0.2) is 23.4 Å². The molecule has 0 aliphatic rings. The van der Waals surface area contributed by atoms with Crippen LogP contribution in [0.25, 0.3) is 0 Å². The van der Waals surface area contributed by atoms with E-state index in [2.05, 4.69) is 11.5 Å². The summed E-state index contributed by atoms with van der Waals surface area (Å²) in [5, 5.41) is 16.8. The molecule has 0 heterocycles. The van der Waals surface area contributed by atoms with E-state index >= 15 is 0 Å². The molecule has 0 unspecified atom stereocenters. The van der Waals surface area contributed by atoms with Gasteiger partial charge in [0.15, 0.2) is 0 Å². The molecule has 0 saturated heterocycles. The molecule has 0 atom stereocenters. The minimum absolute atomic E-state index is 0.118. The van der Waals surface area contributed by atoms with Crippen molar-refractivity contribution in [3.63, 3.8) is 0 Å². The number of aliphatic hydroxyl groups is 2. The number of hydrogen-bond donors (Lipinski definition) is 2. The molecule has 0 aromatic rings. The van der Waals surface area contributed by atoms with E-state index < -0.39 is 0 Å². The third-order valence-corrected chi connectivity index (χ3v) is 1.05. The smallest absolute Gasteiger partial charge is 0.133 e. The average molecular weight is 182 g/mol. The highest BCUT2D eigenvalue weighted by molar-refractivity contribution is 4.83. The normalized spacial score (nSPS) is 7.85. The van der Waals surface area contributed by atoms with Crippen LogP contribution in [0.15, 0.2) is 36.1 Å². The Morgan fingerprint density at radius 3 is 1.77 bits per heavy atom.